The second-order valence-electron chi connectivity index (χ2n) is 5.28. The lowest BCUT2D eigenvalue weighted by atomic mass is 10.2. The number of aliphatic hydroxyl groups is 1. The number of hydrogen-bond acceptors (Lipinski definition) is 6. The number of hydrogen-bond donors (Lipinski definition) is 1. The van der Waals surface area contributed by atoms with Gasteiger partial charge in [0, 0.05) is 0 Å². The second-order valence-corrected chi connectivity index (χ2v) is 5.62. The van der Waals surface area contributed by atoms with E-state index in [1.807, 2.05) is 18.4 Å². The van der Waals surface area contributed by atoms with Crippen molar-refractivity contribution in [1.29, 1.82) is 0 Å². The van der Waals surface area contributed by atoms with Gasteiger partial charge in [-0.3, -0.25) is 0 Å². The van der Waals surface area contributed by atoms with E-state index < -0.39 is 5.82 Å². The molecule has 126 valence electrons. The summed E-state index contributed by atoms with van der Waals surface area (Å²) in [6.07, 6.45) is 0.988. The quantitative estimate of drug-likeness (QED) is 0.727. The lowest BCUT2D eigenvalue weighted by Gasteiger charge is -2.14. The number of aromatic nitrogens is 5. The van der Waals surface area contributed by atoms with Gasteiger partial charge in [-0.1, -0.05) is 0 Å². The molecule has 3 rings (SSSR count). The zero-order valence-electron chi connectivity index (χ0n) is 13.3. The van der Waals surface area contributed by atoms with Gasteiger partial charge in [-0.15, -0.1) is 0 Å². The summed E-state index contributed by atoms with van der Waals surface area (Å²) < 4.78 is 21.2. The highest BCUT2D eigenvalue weighted by Crippen LogP contribution is 2.31. The summed E-state index contributed by atoms with van der Waals surface area (Å²) in [7, 11) is 1.46. The average molecular weight is 352 g/mol. The SMILES string of the molecule is COc1nc(-c2nc(Cl)ncc2F)cc2c1nc(C)n2C(C)CO. The normalized spacial score (nSPS) is 12.6. The molecule has 0 aliphatic heterocycles. The third-order valence-electron chi connectivity index (χ3n) is 3.68. The average Bonchev–Trinajstić information content (AvgIpc) is 2.91. The monoisotopic (exact) mass is 351 g/mol. The second kappa shape index (κ2) is 6.29. The summed E-state index contributed by atoms with van der Waals surface area (Å²) in [5, 5.41) is 9.41. The van der Waals surface area contributed by atoms with Crippen LogP contribution in [0, 0.1) is 12.7 Å². The predicted molar refractivity (Wildman–Crippen MR) is 86.6 cm³/mol. The van der Waals surface area contributed by atoms with Crippen molar-refractivity contribution in [1.82, 2.24) is 24.5 Å². The van der Waals surface area contributed by atoms with Crippen molar-refractivity contribution in [2.45, 2.75) is 19.9 Å². The summed E-state index contributed by atoms with van der Waals surface area (Å²) in [6.45, 7) is 3.59. The van der Waals surface area contributed by atoms with Crippen LogP contribution in [0.4, 0.5) is 4.39 Å². The van der Waals surface area contributed by atoms with Gasteiger partial charge in [-0.05, 0) is 31.5 Å². The Morgan fingerprint density at radius 3 is 2.79 bits per heavy atom. The number of imidazole rings is 1. The van der Waals surface area contributed by atoms with Crippen LogP contribution in [0.25, 0.3) is 22.4 Å². The van der Waals surface area contributed by atoms with E-state index in [9.17, 15) is 9.50 Å². The molecular weight excluding hydrogens is 337 g/mol. The fourth-order valence-electron chi connectivity index (χ4n) is 2.61. The number of aliphatic hydroxyl groups excluding tert-OH is 1. The molecule has 0 amide bonds. The van der Waals surface area contributed by atoms with Gasteiger partial charge in [0.1, 0.15) is 11.5 Å². The first-order chi connectivity index (χ1) is 11.5. The maximum atomic E-state index is 14.1. The molecule has 3 heterocycles. The van der Waals surface area contributed by atoms with E-state index in [1.54, 1.807) is 6.07 Å². The van der Waals surface area contributed by atoms with Crippen LogP contribution in [0.15, 0.2) is 12.3 Å². The van der Waals surface area contributed by atoms with Gasteiger partial charge < -0.3 is 14.4 Å². The molecule has 3 aromatic heterocycles. The number of methoxy groups -OCH3 is 1. The fourth-order valence-corrected chi connectivity index (χ4v) is 2.74. The Balaban J connectivity index is 2.33. The predicted octanol–water partition coefficient (Wildman–Crippen LogP) is 2.55. The molecule has 0 aromatic carbocycles. The topological polar surface area (TPSA) is 86.0 Å². The highest BCUT2D eigenvalue weighted by molar-refractivity contribution is 6.28. The van der Waals surface area contributed by atoms with E-state index in [1.165, 1.54) is 7.11 Å². The summed E-state index contributed by atoms with van der Waals surface area (Å²) >= 11 is 5.77. The number of aryl methyl sites for hydroxylation is 1. The van der Waals surface area contributed by atoms with Crippen molar-refractivity contribution < 1.29 is 14.2 Å². The van der Waals surface area contributed by atoms with E-state index >= 15 is 0 Å². The number of ether oxygens (including phenoxy) is 1. The van der Waals surface area contributed by atoms with Crippen LogP contribution >= 0.6 is 11.6 Å². The van der Waals surface area contributed by atoms with Crippen molar-refractivity contribution in [3.05, 3.63) is 29.2 Å². The molecule has 7 nitrogen and oxygen atoms in total. The first kappa shape index (κ1) is 16.5. The largest absolute Gasteiger partial charge is 0.479 e. The fraction of sp³-hybridized carbons (Fsp3) is 0.333. The lowest BCUT2D eigenvalue weighted by molar-refractivity contribution is 0.239. The van der Waals surface area contributed by atoms with Gasteiger partial charge in [0.05, 0.1) is 37.2 Å². The first-order valence-corrected chi connectivity index (χ1v) is 7.57. The van der Waals surface area contributed by atoms with Crippen LogP contribution in [-0.4, -0.2) is 43.3 Å². The van der Waals surface area contributed by atoms with Gasteiger partial charge in [-0.25, -0.2) is 24.3 Å². The zero-order chi connectivity index (χ0) is 17.4. The third kappa shape index (κ3) is 2.67. The van der Waals surface area contributed by atoms with Crippen LogP contribution in [0.5, 0.6) is 5.88 Å². The van der Waals surface area contributed by atoms with Gasteiger partial charge in [0.2, 0.25) is 11.2 Å². The number of pyridine rings is 1. The minimum Gasteiger partial charge on any atom is -0.479 e. The van der Waals surface area contributed by atoms with Crippen LogP contribution in [0.3, 0.4) is 0 Å². The van der Waals surface area contributed by atoms with Crippen LogP contribution in [0.1, 0.15) is 18.8 Å². The highest BCUT2D eigenvalue weighted by atomic mass is 35.5. The molecule has 1 unspecified atom stereocenters. The van der Waals surface area contributed by atoms with E-state index in [2.05, 4.69) is 19.9 Å². The number of nitrogens with zero attached hydrogens (tertiary/aromatic N) is 5. The van der Waals surface area contributed by atoms with Gasteiger partial charge in [0.25, 0.3) is 0 Å². The molecule has 1 atom stereocenters. The van der Waals surface area contributed by atoms with E-state index in [0.29, 0.717) is 16.9 Å². The molecule has 3 aromatic rings. The van der Waals surface area contributed by atoms with Gasteiger partial charge >= 0.3 is 0 Å². The van der Waals surface area contributed by atoms with E-state index in [-0.39, 0.29) is 35.2 Å². The van der Waals surface area contributed by atoms with Crippen LogP contribution < -0.4 is 4.74 Å². The Kier molecular flexibility index (Phi) is 4.33. The number of rotatable bonds is 4. The molecule has 0 radical (unpaired) electrons. The molecule has 0 saturated carbocycles. The van der Waals surface area contributed by atoms with Crippen molar-refractivity contribution in [3.63, 3.8) is 0 Å². The smallest absolute Gasteiger partial charge is 0.242 e. The number of halogens is 2. The van der Waals surface area contributed by atoms with Crippen molar-refractivity contribution in [2.24, 2.45) is 0 Å². The summed E-state index contributed by atoms with van der Waals surface area (Å²) in [6, 6.07) is 1.43. The van der Waals surface area contributed by atoms with Crippen molar-refractivity contribution in [2.75, 3.05) is 13.7 Å². The molecular formula is C15H15ClFN5O2. The molecule has 0 aliphatic carbocycles. The molecule has 0 spiro atoms. The molecule has 1 N–H and O–H groups in total. The standard InChI is InChI=1S/C15H15ClFN5O2/c1-7(6-23)22-8(2)19-13-11(22)4-10(20-14(13)24-3)12-9(17)5-18-15(16)21-12/h4-5,7,23H,6H2,1-3H3. The third-order valence-corrected chi connectivity index (χ3v) is 3.86. The van der Waals surface area contributed by atoms with Gasteiger partial charge in [0.15, 0.2) is 11.3 Å². The molecule has 0 aliphatic rings. The molecule has 9 heteroatoms. The van der Waals surface area contributed by atoms with E-state index in [4.69, 9.17) is 16.3 Å². The zero-order valence-corrected chi connectivity index (χ0v) is 14.0. The maximum Gasteiger partial charge on any atom is 0.242 e. The first-order valence-electron chi connectivity index (χ1n) is 7.19. The summed E-state index contributed by atoms with van der Waals surface area (Å²) in [4.78, 5) is 16.2. The number of fused-ring (bicyclic) bond motifs is 1. The molecule has 24 heavy (non-hydrogen) atoms. The van der Waals surface area contributed by atoms with Crippen LogP contribution in [0.2, 0.25) is 5.28 Å². The Morgan fingerprint density at radius 2 is 2.12 bits per heavy atom. The van der Waals surface area contributed by atoms with E-state index in [0.717, 1.165) is 6.20 Å². The minimum atomic E-state index is -0.647. The van der Waals surface area contributed by atoms with Crippen LogP contribution in [-0.2, 0) is 0 Å². The molecule has 0 fully saturated rings. The molecule has 0 saturated heterocycles. The maximum absolute atomic E-state index is 14.1. The summed E-state index contributed by atoms with van der Waals surface area (Å²) in [5.41, 5.74) is 1.40. The highest BCUT2D eigenvalue weighted by Gasteiger charge is 2.20. The van der Waals surface area contributed by atoms with Gasteiger partial charge in [-0.2, -0.15) is 0 Å². The Labute approximate surface area is 142 Å². The lowest BCUT2D eigenvalue weighted by Crippen LogP contribution is -2.11. The summed E-state index contributed by atoms with van der Waals surface area (Å²) in [5.74, 6) is 0.278. The van der Waals surface area contributed by atoms with Crippen molar-refractivity contribution >= 4 is 22.6 Å². The minimum absolute atomic E-state index is 0.0303. The Morgan fingerprint density at radius 1 is 1.38 bits per heavy atom. The van der Waals surface area contributed by atoms with Crippen molar-refractivity contribution in [3.8, 4) is 17.3 Å². The Hall–Kier alpha value is -2.32. The Bertz CT molecular complexity index is 915. The molecule has 0 bridgehead atoms.